The number of carbonyl (C=O) groups excluding carboxylic acids is 1. The summed E-state index contributed by atoms with van der Waals surface area (Å²) in [6, 6.07) is 20.6. The van der Waals surface area contributed by atoms with E-state index in [1.165, 1.54) is 27.7 Å². The Labute approximate surface area is 187 Å². The van der Waals surface area contributed by atoms with Gasteiger partial charge in [0.05, 0.1) is 0 Å². The first-order valence-corrected chi connectivity index (χ1v) is 11.6. The van der Waals surface area contributed by atoms with Crippen molar-refractivity contribution in [2.75, 3.05) is 5.32 Å². The molecule has 5 rings (SSSR count). The van der Waals surface area contributed by atoms with Crippen molar-refractivity contribution in [1.29, 1.82) is 0 Å². The fourth-order valence-corrected chi connectivity index (χ4v) is 5.33. The number of hydrogen-bond donors (Lipinski definition) is 1. The fourth-order valence-electron chi connectivity index (χ4n) is 3.58. The Morgan fingerprint density at radius 3 is 2.77 bits per heavy atom. The number of anilines is 1. The van der Waals surface area contributed by atoms with Crippen LogP contribution in [0.4, 0.5) is 5.13 Å². The van der Waals surface area contributed by atoms with Gasteiger partial charge in [0.2, 0.25) is 5.13 Å². The summed E-state index contributed by atoms with van der Waals surface area (Å²) in [5, 5.41) is 15.0. The van der Waals surface area contributed by atoms with Crippen LogP contribution in [0.1, 0.15) is 27.2 Å². The largest absolute Gasteiger partial charge is 0.451 e. The summed E-state index contributed by atoms with van der Waals surface area (Å²) in [6.45, 7) is 3.89. The van der Waals surface area contributed by atoms with E-state index in [2.05, 4.69) is 51.9 Å². The highest BCUT2D eigenvalue weighted by molar-refractivity contribution is 8.00. The molecule has 0 unspecified atom stereocenters. The molecule has 2 aromatic heterocycles. The van der Waals surface area contributed by atoms with Crippen molar-refractivity contribution in [3.63, 3.8) is 0 Å². The zero-order valence-corrected chi connectivity index (χ0v) is 18.6. The van der Waals surface area contributed by atoms with Gasteiger partial charge in [-0.15, -0.1) is 10.2 Å². The lowest BCUT2D eigenvalue weighted by molar-refractivity contribution is 0.0998. The van der Waals surface area contributed by atoms with Crippen LogP contribution >= 0.6 is 23.1 Å². The highest BCUT2D eigenvalue weighted by atomic mass is 32.2. The third kappa shape index (κ3) is 3.94. The molecule has 0 aliphatic carbocycles. The second-order valence-corrected chi connectivity index (χ2v) is 9.51. The Balaban J connectivity index is 1.30. The summed E-state index contributed by atoms with van der Waals surface area (Å²) < 4.78 is 6.61. The van der Waals surface area contributed by atoms with Crippen molar-refractivity contribution in [2.45, 2.75) is 23.9 Å². The van der Waals surface area contributed by atoms with Crippen LogP contribution in [0.3, 0.4) is 0 Å². The molecular formula is C24H19N3O2S2. The van der Waals surface area contributed by atoms with Gasteiger partial charge in [0.1, 0.15) is 5.58 Å². The Morgan fingerprint density at radius 1 is 1.03 bits per heavy atom. The standard InChI is InChI=1S/C24H19N3O2S2/c1-14-10-11-18-15(2)21(29-20(18)12-14)22(28)25-23-26-27-24(31-23)30-13-17-8-5-7-16-6-3-4-9-19(16)17/h3-12H,13H2,1-2H3,(H,25,26,28). The van der Waals surface area contributed by atoms with Crippen LogP contribution in [0.25, 0.3) is 21.7 Å². The molecule has 7 heteroatoms. The van der Waals surface area contributed by atoms with Crippen LogP contribution in [0, 0.1) is 13.8 Å². The first-order valence-electron chi connectivity index (χ1n) is 9.82. The normalized spacial score (nSPS) is 11.3. The maximum Gasteiger partial charge on any atom is 0.293 e. The van der Waals surface area contributed by atoms with Gasteiger partial charge in [-0.3, -0.25) is 10.1 Å². The van der Waals surface area contributed by atoms with E-state index < -0.39 is 0 Å². The second kappa shape index (κ2) is 8.17. The second-order valence-electron chi connectivity index (χ2n) is 7.31. The number of fused-ring (bicyclic) bond motifs is 2. The van der Waals surface area contributed by atoms with E-state index in [0.717, 1.165) is 26.6 Å². The molecule has 0 atom stereocenters. The predicted molar refractivity (Wildman–Crippen MR) is 127 cm³/mol. The topological polar surface area (TPSA) is 68.0 Å². The number of amides is 1. The molecule has 0 aliphatic rings. The molecule has 0 saturated carbocycles. The minimum Gasteiger partial charge on any atom is -0.451 e. The first kappa shape index (κ1) is 19.8. The van der Waals surface area contributed by atoms with Gasteiger partial charge in [0.25, 0.3) is 5.91 Å². The number of nitrogens with one attached hydrogen (secondary N) is 1. The molecule has 0 bridgehead atoms. The highest BCUT2D eigenvalue weighted by Crippen LogP contribution is 2.32. The number of carbonyl (C=O) groups is 1. The van der Waals surface area contributed by atoms with Gasteiger partial charge < -0.3 is 4.42 Å². The van der Waals surface area contributed by atoms with Crippen LogP contribution in [-0.4, -0.2) is 16.1 Å². The van der Waals surface area contributed by atoms with E-state index in [1.54, 1.807) is 11.8 Å². The quantitative estimate of drug-likeness (QED) is 0.244. The summed E-state index contributed by atoms with van der Waals surface area (Å²) in [5.41, 5.74) is 3.87. The molecular weight excluding hydrogens is 426 g/mol. The number of aryl methyl sites for hydroxylation is 2. The van der Waals surface area contributed by atoms with Gasteiger partial charge in [-0.1, -0.05) is 77.7 Å². The number of furan rings is 1. The minimum atomic E-state index is -0.312. The van der Waals surface area contributed by atoms with E-state index in [4.69, 9.17) is 4.42 Å². The summed E-state index contributed by atoms with van der Waals surface area (Å²) in [5.74, 6) is 0.778. The van der Waals surface area contributed by atoms with Gasteiger partial charge >= 0.3 is 0 Å². The number of thioether (sulfide) groups is 1. The molecule has 0 saturated heterocycles. The fraction of sp³-hybridized carbons (Fsp3) is 0.125. The lowest BCUT2D eigenvalue weighted by Gasteiger charge is -2.04. The molecule has 3 aromatic carbocycles. The molecule has 2 heterocycles. The van der Waals surface area contributed by atoms with Crippen LogP contribution in [0.15, 0.2) is 69.4 Å². The molecule has 0 aliphatic heterocycles. The lowest BCUT2D eigenvalue weighted by Crippen LogP contribution is -2.11. The van der Waals surface area contributed by atoms with Crippen molar-refractivity contribution >= 4 is 55.9 Å². The van der Waals surface area contributed by atoms with E-state index in [-0.39, 0.29) is 5.91 Å². The summed E-state index contributed by atoms with van der Waals surface area (Å²) in [7, 11) is 0. The van der Waals surface area contributed by atoms with Crippen molar-refractivity contribution in [2.24, 2.45) is 0 Å². The monoisotopic (exact) mass is 445 g/mol. The number of benzene rings is 3. The molecule has 0 radical (unpaired) electrons. The van der Waals surface area contributed by atoms with Crippen molar-refractivity contribution in [3.05, 3.63) is 83.1 Å². The highest BCUT2D eigenvalue weighted by Gasteiger charge is 2.19. The number of nitrogens with zero attached hydrogens (tertiary/aromatic N) is 2. The van der Waals surface area contributed by atoms with Crippen molar-refractivity contribution in [3.8, 4) is 0 Å². The molecule has 154 valence electrons. The van der Waals surface area contributed by atoms with E-state index in [1.807, 2.05) is 38.1 Å². The van der Waals surface area contributed by atoms with E-state index in [9.17, 15) is 4.79 Å². The third-order valence-electron chi connectivity index (χ3n) is 5.16. The van der Waals surface area contributed by atoms with E-state index >= 15 is 0 Å². The molecule has 0 fully saturated rings. The zero-order valence-electron chi connectivity index (χ0n) is 17.0. The lowest BCUT2D eigenvalue weighted by atomic mass is 10.1. The molecule has 1 N–H and O–H groups in total. The Kier molecular flexibility index (Phi) is 5.21. The Bertz CT molecular complexity index is 1420. The average molecular weight is 446 g/mol. The smallest absolute Gasteiger partial charge is 0.293 e. The molecule has 5 nitrogen and oxygen atoms in total. The molecule has 0 spiro atoms. The average Bonchev–Trinajstić information content (AvgIpc) is 3.36. The van der Waals surface area contributed by atoms with E-state index in [0.29, 0.717) is 16.5 Å². The van der Waals surface area contributed by atoms with Gasteiger partial charge in [-0.2, -0.15) is 0 Å². The zero-order chi connectivity index (χ0) is 21.4. The summed E-state index contributed by atoms with van der Waals surface area (Å²) in [6.07, 6.45) is 0. The number of rotatable bonds is 5. The Morgan fingerprint density at radius 2 is 1.87 bits per heavy atom. The van der Waals surface area contributed by atoms with Crippen LogP contribution in [0.2, 0.25) is 0 Å². The first-order chi connectivity index (χ1) is 15.1. The maximum absolute atomic E-state index is 12.8. The number of hydrogen-bond acceptors (Lipinski definition) is 6. The van der Waals surface area contributed by atoms with Gasteiger partial charge in [0.15, 0.2) is 10.1 Å². The number of aromatic nitrogens is 2. The summed E-state index contributed by atoms with van der Waals surface area (Å²) >= 11 is 2.97. The van der Waals surface area contributed by atoms with Gasteiger partial charge in [-0.05, 0) is 41.8 Å². The summed E-state index contributed by atoms with van der Waals surface area (Å²) in [4.78, 5) is 12.8. The minimum absolute atomic E-state index is 0.306. The molecule has 5 aromatic rings. The van der Waals surface area contributed by atoms with Gasteiger partial charge in [0, 0.05) is 16.7 Å². The van der Waals surface area contributed by atoms with Crippen LogP contribution in [-0.2, 0) is 5.75 Å². The van der Waals surface area contributed by atoms with Gasteiger partial charge in [-0.25, -0.2) is 0 Å². The van der Waals surface area contributed by atoms with Crippen LogP contribution < -0.4 is 5.32 Å². The molecule has 1 amide bonds. The Hall–Kier alpha value is -3.16. The third-order valence-corrected chi connectivity index (χ3v) is 7.18. The van der Waals surface area contributed by atoms with Crippen molar-refractivity contribution in [1.82, 2.24) is 10.2 Å². The SMILES string of the molecule is Cc1ccc2c(C)c(C(=O)Nc3nnc(SCc4cccc5ccccc45)s3)oc2c1. The predicted octanol–water partition coefficient (Wildman–Crippen LogP) is 6.60. The maximum atomic E-state index is 12.8. The van der Waals surface area contributed by atoms with Crippen LogP contribution in [0.5, 0.6) is 0 Å². The molecule has 31 heavy (non-hydrogen) atoms. The van der Waals surface area contributed by atoms with Crippen molar-refractivity contribution < 1.29 is 9.21 Å².